The molecule has 1 N–H and O–H groups in total. The van der Waals surface area contributed by atoms with E-state index in [1.807, 2.05) is 0 Å². The molecular formula is C18H30N2O3S. The Labute approximate surface area is 146 Å². The first-order valence-electron chi connectivity index (χ1n) is 8.55. The predicted molar refractivity (Wildman–Crippen MR) is 97.9 cm³/mol. The highest BCUT2D eigenvalue weighted by Gasteiger charge is 2.25. The summed E-state index contributed by atoms with van der Waals surface area (Å²) in [6.07, 6.45) is 2.19. The van der Waals surface area contributed by atoms with Gasteiger partial charge in [0.15, 0.2) is 0 Å². The van der Waals surface area contributed by atoms with Crippen LogP contribution in [0.2, 0.25) is 0 Å². The highest BCUT2D eigenvalue weighted by atomic mass is 32.2. The van der Waals surface area contributed by atoms with Crippen LogP contribution < -0.4 is 0 Å². The van der Waals surface area contributed by atoms with Gasteiger partial charge in [-0.05, 0) is 23.0 Å². The first-order chi connectivity index (χ1) is 11.0. The van der Waals surface area contributed by atoms with Gasteiger partial charge in [0.1, 0.15) is 5.75 Å². The van der Waals surface area contributed by atoms with E-state index in [4.69, 9.17) is 0 Å². The van der Waals surface area contributed by atoms with Gasteiger partial charge in [-0.3, -0.25) is 4.90 Å². The molecule has 0 saturated carbocycles. The minimum Gasteiger partial charge on any atom is -0.507 e. The van der Waals surface area contributed by atoms with Crippen molar-refractivity contribution in [1.29, 1.82) is 0 Å². The Hall–Kier alpha value is -1.11. The fourth-order valence-corrected chi connectivity index (χ4v) is 3.94. The van der Waals surface area contributed by atoms with Crippen LogP contribution in [0.25, 0.3) is 0 Å². The molecule has 1 saturated heterocycles. The Morgan fingerprint density at radius 2 is 1.71 bits per heavy atom. The van der Waals surface area contributed by atoms with E-state index in [1.54, 1.807) is 0 Å². The van der Waals surface area contributed by atoms with Crippen LogP contribution in [0, 0.1) is 0 Å². The van der Waals surface area contributed by atoms with Gasteiger partial charge in [-0.15, -0.1) is 0 Å². The van der Waals surface area contributed by atoms with Crippen molar-refractivity contribution in [2.75, 3.05) is 32.4 Å². The summed E-state index contributed by atoms with van der Waals surface area (Å²) in [7, 11) is -3.11. The SMILES string of the molecule is CCc1cc(CN2CCN(S(C)(=O)=O)CC2)c(O)c(C(C)(C)C)c1. The maximum absolute atomic E-state index is 11.6. The van der Waals surface area contributed by atoms with Crippen molar-refractivity contribution in [3.8, 4) is 5.75 Å². The number of phenolic OH excluding ortho intramolecular Hbond substituents is 1. The molecule has 1 aromatic carbocycles. The third kappa shape index (κ3) is 4.49. The fraction of sp³-hybridized carbons (Fsp3) is 0.667. The highest BCUT2D eigenvalue weighted by molar-refractivity contribution is 7.88. The van der Waals surface area contributed by atoms with Crippen LogP contribution >= 0.6 is 0 Å². The zero-order valence-electron chi connectivity index (χ0n) is 15.5. The van der Waals surface area contributed by atoms with E-state index in [1.165, 1.54) is 16.1 Å². The van der Waals surface area contributed by atoms with Gasteiger partial charge < -0.3 is 5.11 Å². The number of aromatic hydroxyl groups is 1. The maximum Gasteiger partial charge on any atom is 0.211 e. The van der Waals surface area contributed by atoms with Gasteiger partial charge in [-0.1, -0.05) is 39.8 Å². The second-order valence-electron chi connectivity index (χ2n) is 7.69. The Bertz CT molecular complexity index is 685. The molecule has 6 heteroatoms. The molecule has 0 atom stereocenters. The third-order valence-electron chi connectivity index (χ3n) is 4.66. The number of hydrogen-bond donors (Lipinski definition) is 1. The molecule has 1 fully saturated rings. The highest BCUT2D eigenvalue weighted by Crippen LogP contribution is 2.35. The minimum atomic E-state index is -3.11. The number of piperazine rings is 1. The lowest BCUT2D eigenvalue weighted by molar-refractivity contribution is 0.180. The van der Waals surface area contributed by atoms with Crippen LogP contribution in [0.1, 0.15) is 44.4 Å². The van der Waals surface area contributed by atoms with Gasteiger partial charge in [0.25, 0.3) is 0 Å². The van der Waals surface area contributed by atoms with Gasteiger partial charge in [-0.25, -0.2) is 8.42 Å². The Morgan fingerprint density at radius 1 is 1.12 bits per heavy atom. The van der Waals surface area contributed by atoms with Crippen LogP contribution in [0.5, 0.6) is 5.75 Å². The minimum absolute atomic E-state index is 0.112. The summed E-state index contributed by atoms with van der Waals surface area (Å²) in [5.74, 6) is 0.380. The van der Waals surface area contributed by atoms with Gasteiger partial charge in [0.2, 0.25) is 10.0 Å². The second-order valence-corrected chi connectivity index (χ2v) is 9.68. The average molecular weight is 355 g/mol. The lowest BCUT2D eigenvalue weighted by Crippen LogP contribution is -2.47. The van der Waals surface area contributed by atoms with Crippen LogP contribution in [-0.2, 0) is 28.4 Å². The Kier molecular flexibility index (Phi) is 5.62. The van der Waals surface area contributed by atoms with Crippen molar-refractivity contribution in [3.05, 3.63) is 28.8 Å². The average Bonchev–Trinajstić information content (AvgIpc) is 2.47. The first kappa shape index (κ1) is 19.2. The molecule has 5 nitrogen and oxygen atoms in total. The molecule has 2 rings (SSSR count). The van der Waals surface area contributed by atoms with Crippen LogP contribution in [0.4, 0.5) is 0 Å². The monoisotopic (exact) mass is 354 g/mol. The third-order valence-corrected chi connectivity index (χ3v) is 5.96. The molecule has 0 unspecified atom stereocenters. The number of sulfonamides is 1. The number of rotatable bonds is 4. The smallest absolute Gasteiger partial charge is 0.211 e. The van der Waals surface area contributed by atoms with E-state index in [0.717, 1.165) is 17.5 Å². The van der Waals surface area contributed by atoms with Crippen molar-refractivity contribution < 1.29 is 13.5 Å². The fourth-order valence-electron chi connectivity index (χ4n) is 3.12. The molecule has 1 aliphatic rings. The van der Waals surface area contributed by atoms with Gasteiger partial charge in [-0.2, -0.15) is 4.31 Å². The summed E-state index contributed by atoms with van der Waals surface area (Å²) in [4.78, 5) is 2.21. The van der Waals surface area contributed by atoms with E-state index in [0.29, 0.717) is 38.5 Å². The Morgan fingerprint density at radius 3 is 2.17 bits per heavy atom. The predicted octanol–water partition coefficient (Wildman–Crippen LogP) is 2.33. The molecule has 1 aliphatic heterocycles. The molecular weight excluding hydrogens is 324 g/mol. The van der Waals surface area contributed by atoms with E-state index < -0.39 is 10.0 Å². The van der Waals surface area contributed by atoms with E-state index in [2.05, 4.69) is 44.7 Å². The molecule has 0 amide bonds. The summed E-state index contributed by atoms with van der Waals surface area (Å²) in [6, 6.07) is 4.17. The largest absolute Gasteiger partial charge is 0.507 e. The van der Waals surface area contributed by atoms with Crippen molar-refractivity contribution in [1.82, 2.24) is 9.21 Å². The number of hydrogen-bond acceptors (Lipinski definition) is 4. The topological polar surface area (TPSA) is 60.9 Å². The zero-order valence-corrected chi connectivity index (χ0v) is 16.3. The lowest BCUT2D eigenvalue weighted by Gasteiger charge is -2.34. The summed E-state index contributed by atoms with van der Waals surface area (Å²) in [5, 5.41) is 10.7. The molecule has 136 valence electrons. The quantitative estimate of drug-likeness (QED) is 0.901. The first-order valence-corrected chi connectivity index (χ1v) is 10.4. The molecule has 24 heavy (non-hydrogen) atoms. The molecule has 0 bridgehead atoms. The number of aryl methyl sites for hydroxylation is 1. The van der Waals surface area contributed by atoms with Crippen molar-refractivity contribution in [2.24, 2.45) is 0 Å². The van der Waals surface area contributed by atoms with Gasteiger partial charge in [0, 0.05) is 38.3 Å². The van der Waals surface area contributed by atoms with Crippen LogP contribution in [0.15, 0.2) is 12.1 Å². The van der Waals surface area contributed by atoms with Gasteiger partial charge >= 0.3 is 0 Å². The Balaban J connectivity index is 2.19. The van der Waals surface area contributed by atoms with E-state index in [9.17, 15) is 13.5 Å². The van der Waals surface area contributed by atoms with Crippen molar-refractivity contribution in [3.63, 3.8) is 0 Å². The van der Waals surface area contributed by atoms with Gasteiger partial charge in [0.05, 0.1) is 6.26 Å². The molecule has 1 heterocycles. The standard InChI is InChI=1S/C18H30N2O3S/c1-6-14-11-15(17(21)16(12-14)18(2,3)4)13-19-7-9-20(10-8-19)24(5,22)23/h11-12,21H,6-10,13H2,1-5H3. The lowest BCUT2D eigenvalue weighted by atomic mass is 9.83. The second kappa shape index (κ2) is 7.02. The summed E-state index contributed by atoms with van der Waals surface area (Å²) in [6.45, 7) is 11.5. The van der Waals surface area contributed by atoms with E-state index >= 15 is 0 Å². The van der Waals surface area contributed by atoms with E-state index in [-0.39, 0.29) is 5.41 Å². The number of benzene rings is 1. The summed E-state index contributed by atoms with van der Waals surface area (Å²) < 4.78 is 24.7. The molecule has 0 radical (unpaired) electrons. The normalized spacial score (nSPS) is 18.0. The molecule has 1 aromatic rings. The molecule has 0 spiro atoms. The summed E-state index contributed by atoms with van der Waals surface area (Å²) in [5.41, 5.74) is 3.03. The van der Waals surface area contributed by atoms with Crippen LogP contribution in [0.3, 0.4) is 0 Å². The molecule has 0 aliphatic carbocycles. The zero-order chi connectivity index (χ0) is 18.1. The number of nitrogens with zero attached hydrogens (tertiary/aromatic N) is 2. The van der Waals surface area contributed by atoms with Crippen LogP contribution in [-0.4, -0.2) is 55.2 Å². The number of phenols is 1. The summed E-state index contributed by atoms with van der Waals surface area (Å²) >= 11 is 0. The van der Waals surface area contributed by atoms with Crippen molar-refractivity contribution in [2.45, 2.75) is 46.1 Å². The van der Waals surface area contributed by atoms with Crippen molar-refractivity contribution >= 4 is 10.0 Å². The maximum atomic E-state index is 11.6. The molecule has 0 aromatic heterocycles.